The Bertz CT molecular complexity index is 1670. The minimum Gasteiger partial charge on any atom is -0.404 e. The second kappa shape index (κ2) is 9.29. The van der Waals surface area contributed by atoms with Crippen molar-refractivity contribution in [1.82, 2.24) is 14.6 Å². The number of hydrogen-bond donors (Lipinski definition) is 2. The van der Waals surface area contributed by atoms with Gasteiger partial charge >= 0.3 is 18.4 Å². The van der Waals surface area contributed by atoms with Crippen molar-refractivity contribution >= 4 is 27.5 Å². The van der Waals surface area contributed by atoms with E-state index in [0.717, 1.165) is 37.4 Å². The third-order valence-corrected chi connectivity index (χ3v) is 6.08. The summed E-state index contributed by atoms with van der Waals surface area (Å²) in [6, 6.07) is 8.10. The van der Waals surface area contributed by atoms with E-state index >= 15 is 0 Å². The number of sulfonamides is 1. The van der Waals surface area contributed by atoms with Crippen LogP contribution in [0.4, 0.5) is 36.8 Å². The Labute approximate surface area is 209 Å². The van der Waals surface area contributed by atoms with Gasteiger partial charge < -0.3 is 4.74 Å². The molecule has 4 aromatic rings. The number of carbonyl (C=O) groups is 1. The van der Waals surface area contributed by atoms with Crippen molar-refractivity contribution in [3.05, 3.63) is 71.5 Å². The second-order valence-electron chi connectivity index (χ2n) is 7.88. The van der Waals surface area contributed by atoms with Gasteiger partial charge in [-0.15, -0.1) is 0 Å². The second-order valence-corrected chi connectivity index (χ2v) is 9.44. The highest BCUT2D eigenvalue weighted by Gasteiger charge is 2.36. The Morgan fingerprint density at radius 1 is 1.03 bits per heavy atom. The van der Waals surface area contributed by atoms with Crippen LogP contribution in [-0.2, 0) is 22.4 Å². The summed E-state index contributed by atoms with van der Waals surface area (Å²) in [6.07, 6.45) is -10.1. The van der Waals surface area contributed by atoms with Crippen LogP contribution in [-0.4, -0.2) is 29.1 Å². The number of primary sulfonamides is 1. The first kappa shape index (κ1) is 26.9. The smallest absolute Gasteiger partial charge is 0.404 e. The average molecular weight is 559 g/mol. The van der Waals surface area contributed by atoms with Crippen molar-refractivity contribution < 1.29 is 44.3 Å². The van der Waals surface area contributed by atoms with Crippen LogP contribution in [0.1, 0.15) is 16.8 Å². The fraction of sp³-hybridized carbons (Fsp3) is 0.136. The zero-order chi connectivity index (χ0) is 28.0. The van der Waals surface area contributed by atoms with Crippen LogP contribution in [0, 0.1) is 6.92 Å². The molecule has 38 heavy (non-hydrogen) atoms. The number of hydrogen-bond acceptors (Lipinski definition) is 6. The molecule has 0 unspecified atom stereocenters. The van der Waals surface area contributed by atoms with Gasteiger partial charge in [0.25, 0.3) is 0 Å². The largest absolute Gasteiger partial charge is 0.433 e. The first-order chi connectivity index (χ1) is 17.5. The molecular formula is C22H15F6N5O4S. The molecule has 0 fully saturated rings. The highest BCUT2D eigenvalue weighted by Crippen LogP contribution is 2.37. The van der Waals surface area contributed by atoms with Gasteiger partial charge in [-0.05, 0) is 48.9 Å². The number of carbonyl (C=O) groups excluding carboxylic acids is 1. The summed E-state index contributed by atoms with van der Waals surface area (Å²) in [5, 5.41) is 10.8. The molecule has 9 nitrogen and oxygen atoms in total. The predicted octanol–water partition coefficient (Wildman–Crippen LogP) is 5.00. The lowest BCUT2D eigenvalue weighted by Crippen LogP contribution is -2.18. The minimum absolute atomic E-state index is 0.0529. The maximum absolute atomic E-state index is 13.8. The highest BCUT2D eigenvalue weighted by atomic mass is 32.2. The van der Waals surface area contributed by atoms with Gasteiger partial charge in [0.15, 0.2) is 17.1 Å². The number of alkyl halides is 6. The van der Waals surface area contributed by atoms with Crippen molar-refractivity contribution in [1.29, 1.82) is 0 Å². The SMILES string of the molecule is Cc1cc(-c2cc(C(F)(F)F)n3ncc(OC(=O)Nc4cccc(S(N)(=O)=O)c4)c3n2)ccc1C(F)(F)F. The van der Waals surface area contributed by atoms with Crippen LogP contribution in [0.15, 0.2) is 59.6 Å². The first-order valence-corrected chi connectivity index (χ1v) is 11.8. The van der Waals surface area contributed by atoms with Crippen LogP contribution in [0.5, 0.6) is 5.75 Å². The lowest BCUT2D eigenvalue weighted by Gasteiger charge is -2.14. The third-order valence-electron chi connectivity index (χ3n) is 5.17. The molecule has 4 rings (SSSR count). The van der Waals surface area contributed by atoms with Gasteiger partial charge in [0.05, 0.1) is 22.3 Å². The monoisotopic (exact) mass is 559 g/mol. The van der Waals surface area contributed by atoms with Gasteiger partial charge in [0.1, 0.15) is 0 Å². The molecule has 0 aliphatic heterocycles. The summed E-state index contributed by atoms with van der Waals surface area (Å²) in [6.45, 7) is 1.15. The van der Waals surface area contributed by atoms with Gasteiger partial charge in [-0.3, -0.25) is 5.32 Å². The molecule has 16 heteroatoms. The number of halogens is 6. The summed E-state index contributed by atoms with van der Waals surface area (Å²) in [5.41, 5.74) is -3.55. The number of nitrogens with two attached hydrogens (primary N) is 1. The molecule has 0 radical (unpaired) electrons. The standard InChI is InChI=1S/C22H15F6N5O4S/c1-11-7-12(5-6-15(11)21(23,24)25)16-9-18(22(26,27)28)33-19(32-16)17(10-30-33)37-20(34)31-13-3-2-4-14(8-13)38(29,35)36/h2-10H,1H3,(H,31,34)(H2,29,35,36). The average Bonchev–Trinajstić information content (AvgIpc) is 3.18. The van der Waals surface area contributed by atoms with Crippen molar-refractivity contribution in [2.45, 2.75) is 24.2 Å². The van der Waals surface area contributed by atoms with Gasteiger partial charge in [-0.25, -0.2) is 27.9 Å². The Kier molecular flexibility index (Phi) is 6.57. The Morgan fingerprint density at radius 3 is 2.34 bits per heavy atom. The molecule has 200 valence electrons. The zero-order valence-corrected chi connectivity index (χ0v) is 19.7. The van der Waals surface area contributed by atoms with Crippen molar-refractivity contribution in [3.8, 4) is 17.0 Å². The van der Waals surface area contributed by atoms with Gasteiger partial charge in [0.2, 0.25) is 10.0 Å². The highest BCUT2D eigenvalue weighted by molar-refractivity contribution is 7.89. The molecule has 3 N–H and O–H groups in total. The number of fused-ring (bicyclic) bond motifs is 1. The number of rotatable bonds is 4. The molecule has 0 atom stereocenters. The van der Waals surface area contributed by atoms with Gasteiger partial charge in [-0.2, -0.15) is 31.4 Å². The summed E-state index contributed by atoms with van der Waals surface area (Å²) < 4.78 is 109. The Balaban J connectivity index is 1.73. The summed E-state index contributed by atoms with van der Waals surface area (Å²) in [5.74, 6) is -0.513. The quantitative estimate of drug-likeness (QED) is 0.339. The number of nitrogens with one attached hydrogen (secondary N) is 1. The normalized spacial score (nSPS) is 12.5. The molecule has 0 aliphatic carbocycles. The van der Waals surface area contributed by atoms with Crippen LogP contribution >= 0.6 is 0 Å². The van der Waals surface area contributed by atoms with E-state index in [2.05, 4.69) is 15.4 Å². The molecule has 2 heterocycles. The molecule has 2 aromatic heterocycles. The van der Waals surface area contributed by atoms with Crippen LogP contribution < -0.4 is 15.2 Å². The first-order valence-electron chi connectivity index (χ1n) is 10.3. The Morgan fingerprint density at radius 2 is 1.74 bits per heavy atom. The van der Waals surface area contributed by atoms with E-state index in [1.807, 2.05) is 0 Å². The predicted molar refractivity (Wildman–Crippen MR) is 121 cm³/mol. The fourth-order valence-corrected chi connectivity index (χ4v) is 4.06. The van der Waals surface area contributed by atoms with Crippen LogP contribution in [0.2, 0.25) is 0 Å². The number of amides is 1. The summed E-state index contributed by atoms with van der Waals surface area (Å²) in [4.78, 5) is 16.1. The van der Waals surface area contributed by atoms with E-state index in [9.17, 15) is 39.6 Å². The van der Waals surface area contributed by atoms with Crippen molar-refractivity contribution in [2.75, 3.05) is 5.32 Å². The molecule has 1 amide bonds. The topological polar surface area (TPSA) is 129 Å². The maximum atomic E-state index is 13.8. The van der Waals surface area contributed by atoms with Crippen molar-refractivity contribution in [2.24, 2.45) is 5.14 Å². The molecule has 0 aliphatic rings. The molecule has 2 aromatic carbocycles. The number of benzene rings is 2. The number of anilines is 1. The Hall–Kier alpha value is -4.18. The van der Waals surface area contributed by atoms with Crippen molar-refractivity contribution in [3.63, 3.8) is 0 Å². The maximum Gasteiger partial charge on any atom is 0.433 e. The van der Waals surface area contributed by atoms with Gasteiger partial charge in [-0.1, -0.05) is 12.1 Å². The lowest BCUT2D eigenvalue weighted by molar-refractivity contribution is -0.142. The zero-order valence-electron chi connectivity index (χ0n) is 18.9. The minimum atomic E-state index is -4.96. The van der Waals surface area contributed by atoms with E-state index in [4.69, 9.17) is 9.88 Å². The van der Waals surface area contributed by atoms with E-state index in [1.54, 1.807) is 0 Å². The lowest BCUT2D eigenvalue weighted by atomic mass is 10.0. The third kappa shape index (κ3) is 5.55. The van der Waals surface area contributed by atoms with E-state index in [1.165, 1.54) is 18.2 Å². The number of ether oxygens (including phenoxy) is 1. The van der Waals surface area contributed by atoms with Crippen LogP contribution in [0.3, 0.4) is 0 Å². The van der Waals surface area contributed by atoms with E-state index < -0.39 is 51.1 Å². The number of nitrogens with zero attached hydrogens (tertiary/aromatic N) is 3. The summed E-state index contributed by atoms with van der Waals surface area (Å²) >= 11 is 0. The molecular weight excluding hydrogens is 544 g/mol. The van der Waals surface area contributed by atoms with E-state index in [0.29, 0.717) is 10.6 Å². The fourth-order valence-electron chi connectivity index (χ4n) is 3.50. The molecule has 0 saturated heterocycles. The van der Waals surface area contributed by atoms with Gasteiger partial charge in [0, 0.05) is 11.3 Å². The number of aryl methyl sites for hydroxylation is 1. The van der Waals surface area contributed by atoms with E-state index in [-0.39, 0.29) is 27.4 Å². The summed E-state index contributed by atoms with van der Waals surface area (Å²) in [7, 11) is -4.09. The number of aromatic nitrogens is 3. The molecule has 0 saturated carbocycles. The molecule has 0 bridgehead atoms. The van der Waals surface area contributed by atoms with Crippen LogP contribution in [0.25, 0.3) is 16.9 Å². The molecule has 0 spiro atoms.